The van der Waals surface area contributed by atoms with Crippen LogP contribution in [0.3, 0.4) is 0 Å². The lowest BCUT2D eigenvalue weighted by molar-refractivity contribution is -0.167. The Kier molecular flexibility index (Phi) is 46.8. The summed E-state index contributed by atoms with van der Waals surface area (Å²) >= 11 is 0. The third kappa shape index (κ3) is 46.8. The van der Waals surface area contributed by atoms with Crippen LogP contribution in [-0.4, -0.2) is 37.2 Å². The zero-order valence-electron chi connectivity index (χ0n) is 39.5. The number of rotatable bonds is 47. The van der Waals surface area contributed by atoms with E-state index in [-0.39, 0.29) is 31.1 Å². The fourth-order valence-electron chi connectivity index (χ4n) is 7.50. The SMILES string of the molecule is CCCCCC/C=C\CCCC(=O)OCC(COC(=O)CCCCCCC/C=C\CCCCCCCCC)OC(=O)CCCCCCCCCCCCCCCCCC. The smallest absolute Gasteiger partial charge is 0.306 e. The Morgan fingerprint density at radius 3 is 0.932 bits per heavy atom. The van der Waals surface area contributed by atoms with Crippen LogP contribution in [0, 0.1) is 0 Å². The molecule has 0 bridgehead atoms. The molecule has 0 rings (SSSR count). The minimum Gasteiger partial charge on any atom is -0.462 e. The van der Waals surface area contributed by atoms with Gasteiger partial charge in [-0.3, -0.25) is 14.4 Å². The molecule has 0 aliphatic carbocycles. The lowest BCUT2D eigenvalue weighted by Gasteiger charge is -2.18. The molecule has 0 aliphatic rings. The van der Waals surface area contributed by atoms with Gasteiger partial charge in [-0.1, -0.05) is 218 Å². The summed E-state index contributed by atoms with van der Waals surface area (Å²) in [5.41, 5.74) is 0. The van der Waals surface area contributed by atoms with Crippen molar-refractivity contribution in [2.45, 2.75) is 284 Å². The van der Waals surface area contributed by atoms with Crippen LogP contribution in [-0.2, 0) is 28.6 Å². The quantitative estimate of drug-likeness (QED) is 0.0263. The Balaban J connectivity index is 4.31. The summed E-state index contributed by atoms with van der Waals surface area (Å²) in [6.45, 7) is 6.60. The first kappa shape index (κ1) is 56.9. The molecule has 0 radical (unpaired) electrons. The van der Waals surface area contributed by atoms with E-state index in [0.29, 0.717) is 19.3 Å². The molecule has 1 atom stereocenters. The first-order chi connectivity index (χ1) is 29.0. The predicted molar refractivity (Wildman–Crippen MR) is 252 cm³/mol. The van der Waals surface area contributed by atoms with Crippen LogP contribution >= 0.6 is 0 Å². The maximum absolute atomic E-state index is 12.8. The molecule has 0 aromatic heterocycles. The fraction of sp³-hybridized carbons (Fsp3) is 0.868. The Hall–Kier alpha value is -2.11. The molecule has 0 saturated carbocycles. The minimum absolute atomic E-state index is 0.0806. The molecule has 1 unspecified atom stereocenters. The van der Waals surface area contributed by atoms with Crippen molar-refractivity contribution in [1.29, 1.82) is 0 Å². The molecule has 59 heavy (non-hydrogen) atoms. The van der Waals surface area contributed by atoms with Crippen LogP contribution in [0.25, 0.3) is 0 Å². The first-order valence-electron chi connectivity index (χ1n) is 25.8. The number of carbonyl (C=O) groups excluding carboxylic acids is 3. The summed E-state index contributed by atoms with van der Waals surface area (Å²) in [6, 6.07) is 0. The molecule has 6 heteroatoms. The molecule has 0 heterocycles. The third-order valence-corrected chi connectivity index (χ3v) is 11.4. The van der Waals surface area contributed by atoms with Crippen LogP contribution in [0.1, 0.15) is 278 Å². The summed E-state index contributed by atoms with van der Waals surface area (Å²) in [5, 5.41) is 0. The highest BCUT2D eigenvalue weighted by atomic mass is 16.6. The van der Waals surface area contributed by atoms with Gasteiger partial charge in [-0.25, -0.2) is 0 Å². The summed E-state index contributed by atoms with van der Waals surface area (Å²) in [5.74, 6) is -0.913. The van der Waals surface area contributed by atoms with Crippen molar-refractivity contribution < 1.29 is 28.6 Å². The van der Waals surface area contributed by atoms with Crippen molar-refractivity contribution in [2.24, 2.45) is 0 Å². The Labute approximate surface area is 366 Å². The van der Waals surface area contributed by atoms with Gasteiger partial charge in [0, 0.05) is 19.3 Å². The number of hydrogen-bond donors (Lipinski definition) is 0. The van der Waals surface area contributed by atoms with Gasteiger partial charge in [0.05, 0.1) is 0 Å². The van der Waals surface area contributed by atoms with Crippen molar-refractivity contribution in [1.82, 2.24) is 0 Å². The van der Waals surface area contributed by atoms with Crippen LogP contribution in [0.5, 0.6) is 0 Å². The summed E-state index contributed by atoms with van der Waals surface area (Å²) in [4.78, 5) is 37.8. The minimum atomic E-state index is -0.779. The molecule has 0 spiro atoms. The van der Waals surface area contributed by atoms with Crippen LogP contribution in [0.15, 0.2) is 24.3 Å². The van der Waals surface area contributed by atoms with Gasteiger partial charge in [-0.2, -0.15) is 0 Å². The lowest BCUT2D eigenvalue weighted by atomic mass is 10.0. The van der Waals surface area contributed by atoms with Gasteiger partial charge in [-0.05, 0) is 64.2 Å². The molecular weight excluding hydrogens is 733 g/mol. The molecule has 0 aromatic carbocycles. The van der Waals surface area contributed by atoms with Crippen LogP contribution in [0.2, 0.25) is 0 Å². The number of allylic oxidation sites excluding steroid dienone is 4. The second-order valence-corrected chi connectivity index (χ2v) is 17.4. The van der Waals surface area contributed by atoms with E-state index in [0.717, 1.165) is 64.2 Å². The largest absolute Gasteiger partial charge is 0.462 e. The highest BCUT2D eigenvalue weighted by Crippen LogP contribution is 2.16. The maximum atomic E-state index is 12.8. The number of esters is 3. The lowest BCUT2D eigenvalue weighted by Crippen LogP contribution is -2.30. The molecule has 0 fully saturated rings. The van der Waals surface area contributed by atoms with Gasteiger partial charge in [0.2, 0.25) is 0 Å². The van der Waals surface area contributed by atoms with E-state index in [1.165, 1.54) is 173 Å². The van der Waals surface area contributed by atoms with E-state index >= 15 is 0 Å². The standard InChI is InChI=1S/C53H98O6/c1-4-7-10-13-16-19-21-23-25-27-29-31-34-37-40-43-46-52(55)58-49-50(48-57-51(54)45-42-39-36-33-18-15-12-9-6-3)59-53(56)47-44-41-38-35-32-30-28-26-24-22-20-17-14-11-8-5-2/h25,27,33,36,50H,4-24,26,28-32,34-35,37-49H2,1-3H3/b27-25-,36-33-. The van der Waals surface area contributed by atoms with E-state index in [1.54, 1.807) is 0 Å². The van der Waals surface area contributed by atoms with Gasteiger partial charge in [-0.15, -0.1) is 0 Å². The van der Waals surface area contributed by atoms with E-state index in [1.807, 2.05) is 0 Å². The molecule has 6 nitrogen and oxygen atoms in total. The summed E-state index contributed by atoms with van der Waals surface area (Å²) < 4.78 is 16.7. The zero-order chi connectivity index (χ0) is 43.0. The van der Waals surface area contributed by atoms with E-state index in [4.69, 9.17) is 14.2 Å². The second kappa shape index (κ2) is 48.6. The average Bonchev–Trinajstić information content (AvgIpc) is 3.23. The second-order valence-electron chi connectivity index (χ2n) is 17.4. The Morgan fingerprint density at radius 2 is 0.576 bits per heavy atom. The van der Waals surface area contributed by atoms with Gasteiger partial charge < -0.3 is 14.2 Å². The predicted octanol–water partition coefficient (Wildman–Crippen LogP) is 16.8. The van der Waals surface area contributed by atoms with Crippen LogP contribution < -0.4 is 0 Å². The zero-order valence-corrected chi connectivity index (χ0v) is 39.5. The van der Waals surface area contributed by atoms with Gasteiger partial charge in [0.1, 0.15) is 13.2 Å². The van der Waals surface area contributed by atoms with E-state index in [2.05, 4.69) is 45.1 Å². The van der Waals surface area contributed by atoms with Crippen molar-refractivity contribution in [2.75, 3.05) is 13.2 Å². The van der Waals surface area contributed by atoms with E-state index < -0.39 is 6.10 Å². The highest BCUT2D eigenvalue weighted by molar-refractivity contribution is 5.71. The van der Waals surface area contributed by atoms with Crippen molar-refractivity contribution in [3.8, 4) is 0 Å². The molecule has 0 aliphatic heterocycles. The molecule has 0 N–H and O–H groups in total. The number of hydrogen-bond acceptors (Lipinski definition) is 6. The fourth-order valence-corrected chi connectivity index (χ4v) is 7.50. The third-order valence-electron chi connectivity index (χ3n) is 11.4. The molecule has 0 aromatic rings. The summed E-state index contributed by atoms with van der Waals surface area (Å²) in [7, 11) is 0. The Bertz CT molecular complexity index is 958. The van der Waals surface area contributed by atoms with Crippen molar-refractivity contribution in [3.63, 3.8) is 0 Å². The van der Waals surface area contributed by atoms with Gasteiger partial charge in [0.25, 0.3) is 0 Å². The normalized spacial score (nSPS) is 12.1. The first-order valence-corrected chi connectivity index (χ1v) is 25.8. The van der Waals surface area contributed by atoms with Gasteiger partial charge >= 0.3 is 17.9 Å². The molecule has 346 valence electrons. The molecule has 0 amide bonds. The number of ether oxygens (including phenoxy) is 3. The van der Waals surface area contributed by atoms with Crippen LogP contribution in [0.4, 0.5) is 0 Å². The monoisotopic (exact) mass is 831 g/mol. The van der Waals surface area contributed by atoms with E-state index in [9.17, 15) is 14.4 Å². The number of unbranched alkanes of at least 4 members (excludes halogenated alkanes) is 32. The van der Waals surface area contributed by atoms with Gasteiger partial charge in [0.15, 0.2) is 6.10 Å². The highest BCUT2D eigenvalue weighted by Gasteiger charge is 2.19. The Morgan fingerprint density at radius 1 is 0.322 bits per heavy atom. The maximum Gasteiger partial charge on any atom is 0.306 e. The van der Waals surface area contributed by atoms with Crippen molar-refractivity contribution >= 4 is 17.9 Å². The number of carbonyl (C=O) groups is 3. The average molecular weight is 831 g/mol. The molecular formula is C53H98O6. The topological polar surface area (TPSA) is 78.9 Å². The summed E-state index contributed by atoms with van der Waals surface area (Å²) in [6.07, 6.45) is 54.6. The molecule has 0 saturated heterocycles. The van der Waals surface area contributed by atoms with Crippen molar-refractivity contribution in [3.05, 3.63) is 24.3 Å².